The third-order valence-corrected chi connectivity index (χ3v) is 6.58. The summed E-state index contributed by atoms with van der Waals surface area (Å²) in [6.45, 7) is 3.76. The third kappa shape index (κ3) is 4.33. The molecule has 1 aliphatic carbocycles. The van der Waals surface area contributed by atoms with Crippen LogP contribution in [0.5, 0.6) is 11.5 Å². The van der Waals surface area contributed by atoms with Gasteiger partial charge in [-0.15, -0.1) is 0 Å². The van der Waals surface area contributed by atoms with E-state index >= 15 is 0 Å². The van der Waals surface area contributed by atoms with Crippen LogP contribution < -0.4 is 4.74 Å². The van der Waals surface area contributed by atoms with Gasteiger partial charge in [0, 0.05) is 25.1 Å². The average molecular weight is 452 g/mol. The van der Waals surface area contributed by atoms with Gasteiger partial charge in [-0.2, -0.15) is 0 Å². The largest absolute Gasteiger partial charge is 0.504 e. The Morgan fingerprint density at radius 2 is 1.89 bits per heavy atom. The zero-order chi connectivity index (χ0) is 20.3. The van der Waals surface area contributed by atoms with E-state index in [-0.39, 0.29) is 12.5 Å². The van der Waals surface area contributed by atoms with Crippen molar-refractivity contribution >= 4 is 15.9 Å². The number of pyridine rings is 1. The Morgan fingerprint density at radius 1 is 1.18 bits per heavy atom. The van der Waals surface area contributed by atoms with Crippen LogP contribution in [0.25, 0.3) is 0 Å². The van der Waals surface area contributed by atoms with Crippen LogP contribution in [0.1, 0.15) is 66.1 Å². The Bertz CT molecular complexity index is 821. The molecule has 0 spiro atoms. The van der Waals surface area contributed by atoms with Gasteiger partial charge in [-0.05, 0) is 71.4 Å². The quantitative estimate of drug-likeness (QED) is 0.553. The van der Waals surface area contributed by atoms with Gasteiger partial charge in [0.05, 0.1) is 10.2 Å². The highest BCUT2D eigenvalue weighted by atomic mass is 79.9. The van der Waals surface area contributed by atoms with Crippen molar-refractivity contribution < 1.29 is 19.0 Å². The molecule has 3 rings (SSSR count). The molecule has 0 bridgehead atoms. The second-order valence-electron chi connectivity index (χ2n) is 7.45. The van der Waals surface area contributed by atoms with Crippen LogP contribution in [-0.2, 0) is 11.2 Å². The van der Waals surface area contributed by atoms with Crippen LogP contribution in [-0.4, -0.2) is 24.0 Å². The second kappa shape index (κ2) is 9.23. The summed E-state index contributed by atoms with van der Waals surface area (Å²) >= 11 is 3.30. The second-order valence-corrected chi connectivity index (χ2v) is 8.25. The third-order valence-electron chi connectivity index (χ3n) is 5.61. The maximum atomic E-state index is 14.4. The first-order valence-electron chi connectivity index (χ1n) is 9.71. The van der Waals surface area contributed by atoms with Crippen molar-refractivity contribution in [2.45, 2.75) is 58.3 Å². The molecule has 1 saturated carbocycles. The van der Waals surface area contributed by atoms with Gasteiger partial charge in [0.15, 0.2) is 18.4 Å². The van der Waals surface area contributed by atoms with E-state index < -0.39 is 5.82 Å². The fourth-order valence-corrected chi connectivity index (χ4v) is 4.37. The van der Waals surface area contributed by atoms with E-state index in [2.05, 4.69) is 15.9 Å². The predicted octanol–water partition coefficient (Wildman–Crippen LogP) is 5.93. The number of nitrogens with zero attached hydrogens (tertiary/aromatic N) is 1. The zero-order valence-corrected chi connectivity index (χ0v) is 18.2. The van der Waals surface area contributed by atoms with Gasteiger partial charge in [-0.3, -0.25) is 4.98 Å². The number of halogens is 2. The van der Waals surface area contributed by atoms with Crippen molar-refractivity contribution in [3.8, 4) is 11.5 Å². The standard InChI is InChI=1S/C22H27BrFNO3/c1-13-17(14(2)20(24)22(26)19(13)23)11-16-9-10-18(28-12-27-3)21(25-16)15-7-5-4-6-8-15/h9-10,15,26H,4-8,11-12H2,1-3H3. The van der Waals surface area contributed by atoms with Crippen molar-refractivity contribution in [3.63, 3.8) is 0 Å². The molecule has 0 atom stereocenters. The summed E-state index contributed by atoms with van der Waals surface area (Å²) < 4.78 is 25.6. The molecule has 0 radical (unpaired) electrons. The van der Waals surface area contributed by atoms with Crippen molar-refractivity contribution in [2.24, 2.45) is 0 Å². The van der Waals surface area contributed by atoms with E-state index in [1.54, 1.807) is 14.0 Å². The van der Waals surface area contributed by atoms with E-state index in [0.29, 0.717) is 22.4 Å². The number of hydrogen-bond donors (Lipinski definition) is 1. The molecule has 1 heterocycles. The molecule has 0 unspecified atom stereocenters. The molecule has 6 heteroatoms. The number of benzene rings is 1. The summed E-state index contributed by atoms with van der Waals surface area (Å²) in [6.07, 6.45) is 6.39. The van der Waals surface area contributed by atoms with E-state index in [1.807, 2.05) is 19.1 Å². The van der Waals surface area contributed by atoms with Crippen LogP contribution in [0.2, 0.25) is 0 Å². The highest BCUT2D eigenvalue weighted by Crippen LogP contribution is 2.38. The van der Waals surface area contributed by atoms with E-state index in [9.17, 15) is 9.50 Å². The minimum absolute atomic E-state index is 0.190. The topological polar surface area (TPSA) is 51.6 Å². The molecule has 1 N–H and O–H groups in total. The molecule has 1 aromatic heterocycles. The lowest BCUT2D eigenvalue weighted by atomic mass is 9.86. The summed E-state index contributed by atoms with van der Waals surface area (Å²) in [5.74, 6) is 0.230. The molecule has 28 heavy (non-hydrogen) atoms. The summed E-state index contributed by atoms with van der Waals surface area (Å²) in [5, 5.41) is 9.93. The van der Waals surface area contributed by atoms with E-state index in [4.69, 9.17) is 14.5 Å². The monoisotopic (exact) mass is 451 g/mol. The van der Waals surface area contributed by atoms with Gasteiger partial charge in [-0.25, -0.2) is 4.39 Å². The average Bonchev–Trinajstić information content (AvgIpc) is 2.73. The highest BCUT2D eigenvalue weighted by molar-refractivity contribution is 9.10. The van der Waals surface area contributed by atoms with E-state index in [1.165, 1.54) is 19.3 Å². The number of rotatable bonds is 6. The minimum Gasteiger partial charge on any atom is -0.504 e. The van der Waals surface area contributed by atoms with E-state index in [0.717, 1.165) is 41.1 Å². The normalized spacial score (nSPS) is 15.0. The van der Waals surface area contributed by atoms with Crippen molar-refractivity contribution in [1.82, 2.24) is 4.98 Å². The molecule has 1 fully saturated rings. The summed E-state index contributed by atoms with van der Waals surface area (Å²) in [7, 11) is 1.60. The molecule has 0 amide bonds. The van der Waals surface area contributed by atoms with Crippen LogP contribution >= 0.6 is 15.9 Å². The SMILES string of the molecule is COCOc1ccc(Cc2c(C)c(F)c(O)c(Br)c2C)nc1C1CCCCC1. The summed E-state index contributed by atoms with van der Waals surface area (Å²) in [4.78, 5) is 4.93. The van der Waals surface area contributed by atoms with Crippen molar-refractivity contribution in [1.29, 1.82) is 0 Å². The maximum absolute atomic E-state index is 14.4. The Balaban J connectivity index is 1.97. The molecular weight excluding hydrogens is 425 g/mol. The Morgan fingerprint density at radius 3 is 2.57 bits per heavy atom. The number of aromatic hydroxyl groups is 1. The number of hydrogen-bond acceptors (Lipinski definition) is 4. The van der Waals surface area contributed by atoms with Crippen LogP contribution in [0, 0.1) is 19.7 Å². The fourth-order valence-electron chi connectivity index (χ4n) is 3.96. The molecule has 152 valence electrons. The number of ether oxygens (including phenoxy) is 2. The minimum atomic E-state index is -0.583. The summed E-state index contributed by atoms with van der Waals surface area (Å²) in [5.41, 5.74) is 3.97. The first kappa shape index (κ1) is 21.1. The van der Waals surface area contributed by atoms with Gasteiger partial charge < -0.3 is 14.6 Å². The lowest BCUT2D eigenvalue weighted by Gasteiger charge is -2.24. The van der Waals surface area contributed by atoms with Gasteiger partial charge in [0.1, 0.15) is 5.75 Å². The molecule has 4 nitrogen and oxygen atoms in total. The van der Waals surface area contributed by atoms with Gasteiger partial charge in [0.2, 0.25) is 0 Å². The Labute approximate surface area is 174 Å². The van der Waals surface area contributed by atoms with Crippen LogP contribution in [0.15, 0.2) is 16.6 Å². The van der Waals surface area contributed by atoms with Gasteiger partial charge >= 0.3 is 0 Å². The highest BCUT2D eigenvalue weighted by Gasteiger charge is 2.23. The number of aromatic nitrogens is 1. The maximum Gasteiger partial charge on any atom is 0.188 e. The number of methoxy groups -OCH3 is 1. The number of phenolic OH excluding ortho intramolecular Hbond substituents is 1. The summed E-state index contributed by atoms with van der Waals surface area (Å²) in [6, 6.07) is 3.87. The first-order valence-corrected chi connectivity index (χ1v) is 10.5. The van der Waals surface area contributed by atoms with Crippen molar-refractivity contribution in [3.05, 3.63) is 50.5 Å². The fraction of sp³-hybridized carbons (Fsp3) is 0.500. The Hall–Kier alpha value is -1.66. The van der Waals surface area contributed by atoms with Gasteiger partial charge in [-0.1, -0.05) is 19.3 Å². The first-order chi connectivity index (χ1) is 13.4. The lowest BCUT2D eigenvalue weighted by molar-refractivity contribution is 0.0496. The molecule has 1 aromatic carbocycles. The Kier molecular flexibility index (Phi) is 6.94. The van der Waals surface area contributed by atoms with Crippen LogP contribution in [0.3, 0.4) is 0 Å². The molecule has 2 aromatic rings. The molecule has 0 saturated heterocycles. The van der Waals surface area contributed by atoms with Gasteiger partial charge in [0.25, 0.3) is 0 Å². The lowest BCUT2D eigenvalue weighted by Crippen LogP contribution is -2.12. The van der Waals surface area contributed by atoms with Crippen LogP contribution in [0.4, 0.5) is 4.39 Å². The smallest absolute Gasteiger partial charge is 0.188 e. The predicted molar refractivity (Wildman–Crippen MR) is 111 cm³/mol. The molecular formula is C22H27BrFNO3. The number of phenols is 1. The molecule has 0 aliphatic heterocycles. The van der Waals surface area contributed by atoms with Crippen molar-refractivity contribution in [2.75, 3.05) is 13.9 Å². The molecule has 1 aliphatic rings. The zero-order valence-electron chi connectivity index (χ0n) is 16.6.